The summed E-state index contributed by atoms with van der Waals surface area (Å²) in [6.07, 6.45) is 5.28. The van der Waals surface area contributed by atoms with E-state index in [0.29, 0.717) is 5.56 Å². The Morgan fingerprint density at radius 2 is 1.58 bits per heavy atom. The average Bonchev–Trinajstić information content (AvgIpc) is 2.45. The predicted octanol–water partition coefficient (Wildman–Crippen LogP) is 5.48. The van der Waals surface area contributed by atoms with Gasteiger partial charge in [0.2, 0.25) is 0 Å². The van der Waals surface area contributed by atoms with Crippen molar-refractivity contribution in [2.45, 2.75) is 90.6 Å². The molecule has 134 valence electrons. The van der Waals surface area contributed by atoms with E-state index < -0.39 is 5.97 Å². The maximum Gasteiger partial charge on any atom is 0.342 e. The number of phenolic OH excluding ortho intramolecular Hbond substituents is 1. The molecule has 1 N–H and O–H groups in total. The molecule has 1 fully saturated rings. The molecule has 0 unspecified atom stereocenters. The summed E-state index contributed by atoms with van der Waals surface area (Å²) in [5.41, 5.74) is 1.79. The fourth-order valence-corrected chi connectivity index (χ4v) is 3.19. The lowest BCUT2D eigenvalue weighted by molar-refractivity contribution is 0.0208. The summed E-state index contributed by atoms with van der Waals surface area (Å²) in [4.78, 5) is 12.7. The molecular formula is C21H32O3. The van der Waals surface area contributed by atoms with Gasteiger partial charge in [-0.1, -0.05) is 54.0 Å². The van der Waals surface area contributed by atoms with Crippen LogP contribution in [-0.2, 0) is 15.6 Å². The molecule has 3 nitrogen and oxygen atoms in total. The van der Waals surface area contributed by atoms with Crippen LogP contribution in [0.25, 0.3) is 0 Å². The van der Waals surface area contributed by atoms with Gasteiger partial charge in [-0.15, -0.1) is 0 Å². The third-order valence-corrected chi connectivity index (χ3v) is 4.83. The Labute approximate surface area is 146 Å². The molecule has 0 saturated heterocycles. The Morgan fingerprint density at radius 3 is 2.08 bits per heavy atom. The van der Waals surface area contributed by atoms with E-state index in [9.17, 15) is 9.90 Å². The minimum Gasteiger partial charge on any atom is -0.507 e. The Morgan fingerprint density at radius 1 is 1.00 bits per heavy atom. The molecule has 0 bridgehead atoms. The van der Waals surface area contributed by atoms with Gasteiger partial charge in [0.1, 0.15) is 17.4 Å². The van der Waals surface area contributed by atoms with Crippen molar-refractivity contribution in [3.63, 3.8) is 0 Å². The fourth-order valence-electron chi connectivity index (χ4n) is 3.19. The molecule has 0 spiro atoms. The normalized spacial score (nSPS) is 16.9. The molecule has 24 heavy (non-hydrogen) atoms. The van der Waals surface area contributed by atoms with Crippen LogP contribution in [0.3, 0.4) is 0 Å². The van der Waals surface area contributed by atoms with Gasteiger partial charge in [0, 0.05) is 5.56 Å². The highest BCUT2D eigenvalue weighted by Crippen LogP contribution is 2.38. The van der Waals surface area contributed by atoms with Gasteiger partial charge >= 0.3 is 5.97 Å². The summed E-state index contributed by atoms with van der Waals surface area (Å²) in [5.74, 6) is -0.327. The molecule has 2 rings (SSSR count). The Hall–Kier alpha value is -1.51. The van der Waals surface area contributed by atoms with Gasteiger partial charge in [0.15, 0.2) is 0 Å². The number of hydrogen-bond acceptors (Lipinski definition) is 3. The van der Waals surface area contributed by atoms with Gasteiger partial charge in [-0.05, 0) is 48.1 Å². The lowest BCUT2D eigenvalue weighted by Gasteiger charge is -2.28. The van der Waals surface area contributed by atoms with Crippen LogP contribution in [0.1, 0.15) is 95.1 Å². The van der Waals surface area contributed by atoms with Gasteiger partial charge in [0.25, 0.3) is 0 Å². The number of rotatable bonds is 2. The van der Waals surface area contributed by atoms with Crippen LogP contribution in [-0.4, -0.2) is 17.2 Å². The van der Waals surface area contributed by atoms with Crippen LogP contribution in [0, 0.1) is 0 Å². The molecule has 1 aliphatic carbocycles. The Bertz CT molecular complexity index is 597. The first-order valence-corrected chi connectivity index (χ1v) is 9.09. The first-order valence-electron chi connectivity index (χ1n) is 9.09. The predicted molar refractivity (Wildman–Crippen MR) is 97.8 cm³/mol. The van der Waals surface area contributed by atoms with Crippen molar-refractivity contribution < 1.29 is 14.6 Å². The number of aromatic hydroxyl groups is 1. The quantitative estimate of drug-likeness (QED) is 0.730. The standard InChI is InChI=1S/C21H32O3/c1-20(2,3)14-12-16(18(22)17(13-14)21(4,5)6)19(23)24-15-10-8-7-9-11-15/h12-13,15,22H,7-11H2,1-6H3. The van der Waals surface area contributed by atoms with E-state index in [4.69, 9.17) is 4.74 Å². The van der Waals surface area contributed by atoms with Gasteiger partial charge in [-0.25, -0.2) is 4.79 Å². The monoisotopic (exact) mass is 332 g/mol. The molecule has 0 radical (unpaired) electrons. The minimum absolute atomic E-state index is 0.0120. The first kappa shape index (κ1) is 18.8. The van der Waals surface area contributed by atoms with E-state index in [1.54, 1.807) is 6.07 Å². The number of carbonyl (C=O) groups excluding carboxylic acids is 1. The number of benzene rings is 1. The van der Waals surface area contributed by atoms with E-state index in [1.165, 1.54) is 6.42 Å². The third kappa shape index (κ3) is 4.31. The molecule has 0 atom stereocenters. The van der Waals surface area contributed by atoms with Gasteiger partial charge in [-0.3, -0.25) is 0 Å². The maximum absolute atomic E-state index is 12.7. The van der Waals surface area contributed by atoms with Crippen LogP contribution < -0.4 is 0 Å². The smallest absolute Gasteiger partial charge is 0.342 e. The molecule has 0 heterocycles. The van der Waals surface area contributed by atoms with Crippen molar-refractivity contribution in [1.82, 2.24) is 0 Å². The van der Waals surface area contributed by atoms with Crippen LogP contribution in [0.4, 0.5) is 0 Å². The second-order valence-electron chi connectivity index (χ2n) is 9.09. The van der Waals surface area contributed by atoms with E-state index in [2.05, 4.69) is 20.8 Å². The lowest BCUT2D eigenvalue weighted by atomic mass is 9.79. The second kappa shape index (κ2) is 6.78. The van der Waals surface area contributed by atoms with E-state index in [0.717, 1.165) is 36.8 Å². The van der Waals surface area contributed by atoms with Crippen molar-refractivity contribution >= 4 is 5.97 Å². The zero-order valence-corrected chi connectivity index (χ0v) is 16.0. The summed E-state index contributed by atoms with van der Waals surface area (Å²) >= 11 is 0. The summed E-state index contributed by atoms with van der Waals surface area (Å²) < 4.78 is 5.69. The number of esters is 1. The highest BCUT2D eigenvalue weighted by atomic mass is 16.5. The minimum atomic E-state index is -0.393. The third-order valence-electron chi connectivity index (χ3n) is 4.83. The topological polar surface area (TPSA) is 46.5 Å². The van der Waals surface area contributed by atoms with Gasteiger partial charge < -0.3 is 9.84 Å². The number of phenols is 1. The van der Waals surface area contributed by atoms with Crippen molar-refractivity contribution in [2.24, 2.45) is 0 Å². The van der Waals surface area contributed by atoms with Crippen LogP contribution >= 0.6 is 0 Å². The largest absolute Gasteiger partial charge is 0.507 e. The second-order valence-corrected chi connectivity index (χ2v) is 9.09. The van der Waals surface area contributed by atoms with E-state index >= 15 is 0 Å². The molecule has 1 saturated carbocycles. The summed E-state index contributed by atoms with van der Waals surface area (Å²) in [6.45, 7) is 12.5. The molecule has 1 aromatic carbocycles. The van der Waals surface area contributed by atoms with Crippen molar-refractivity contribution in [3.05, 3.63) is 28.8 Å². The molecule has 1 aromatic rings. The van der Waals surface area contributed by atoms with Gasteiger partial charge in [0.05, 0.1) is 0 Å². The van der Waals surface area contributed by atoms with Crippen molar-refractivity contribution in [3.8, 4) is 5.75 Å². The number of carbonyl (C=O) groups is 1. The molecular weight excluding hydrogens is 300 g/mol. The van der Waals surface area contributed by atoms with Crippen LogP contribution in [0.5, 0.6) is 5.75 Å². The average molecular weight is 332 g/mol. The SMILES string of the molecule is CC(C)(C)c1cc(C(=O)OC2CCCCC2)c(O)c(C(C)(C)C)c1. The fraction of sp³-hybridized carbons (Fsp3) is 0.667. The number of ether oxygens (including phenoxy) is 1. The lowest BCUT2D eigenvalue weighted by Crippen LogP contribution is -2.23. The highest BCUT2D eigenvalue weighted by Gasteiger charge is 2.29. The van der Waals surface area contributed by atoms with Crippen LogP contribution in [0.2, 0.25) is 0 Å². The summed E-state index contributed by atoms with van der Waals surface area (Å²) in [7, 11) is 0. The maximum atomic E-state index is 12.7. The number of hydrogen-bond donors (Lipinski definition) is 1. The zero-order chi connectivity index (χ0) is 18.1. The first-order chi connectivity index (χ1) is 11.0. The van der Waals surface area contributed by atoms with E-state index in [1.807, 2.05) is 26.8 Å². The molecule has 0 aliphatic heterocycles. The van der Waals surface area contributed by atoms with Crippen molar-refractivity contribution in [2.75, 3.05) is 0 Å². The summed E-state index contributed by atoms with van der Waals surface area (Å²) in [5, 5.41) is 10.7. The van der Waals surface area contributed by atoms with E-state index in [-0.39, 0.29) is 22.7 Å². The highest BCUT2D eigenvalue weighted by molar-refractivity contribution is 5.93. The van der Waals surface area contributed by atoms with Crippen LogP contribution in [0.15, 0.2) is 12.1 Å². The van der Waals surface area contributed by atoms with Gasteiger partial charge in [-0.2, -0.15) is 0 Å². The zero-order valence-electron chi connectivity index (χ0n) is 16.0. The van der Waals surface area contributed by atoms with Crippen molar-refractivity contribution in [1.29, 1.82) is 0 Å². The summed E-state index contributed by atoms with van der Waals surface area (Å²) in [6, 6.07) is 3.82. The molecule has 3 heteroatoms. The Kier molecular flexibility index (Phi) is 5.31. The Balaban J connectivity index is 2.41. The molecule has 0 aromatic heterocycles. The molecule has 0 amide bonds. The molecule has 1 aliphatic rings.